The van der Waals surface area contributed by atoms with E-state index in [9.17, 15) is 101 Å². The van der Waals surface area contributed by atoms with Crippen molar-refractivity contribution in [1.29, 1.82) is 0 Å². The van der Waals surface area contributed by atoms with Crippen LogP contribution in [0.15, 0.2) is 58.5 Å². The molecule has 4 rings (SSSR count). The molecule has 4 amide bonds. The average molecular weight is 1200 g/mol. The molecule has 0 saturated carbocycles. The summed E-state index contributed by atoms with van der Waals surface area (Å²) in [5.41, 5.74) is 0.0400. The van der Waals surface area contributed by atoms with Crippen LogP contribution in [0.2, 0.25) is 0 Å². The first-order valence-corrected chi connectivity index (χ1v) is 27.2. The molecule has 2 aromatic carbocycles. The summed E-state index contributed by atoms with van der Waals surface area (Å²) in [6.07, 6.45) is -30.6. The molecule has 474 valence electrons. The first kappa shape index (κ1) is 71.3. The molecule has 18 atom stereocenters. The molecule has 2 saturated heterocycles. The van der Waals surface area contributed by atoms with Gasteiger partial charge < -0.3 is 127 Å². The van der Waals surface area contributed by atoms with Crippen molar-refractivity contribution in [3.05, 3.63) is 48.5 Å². The van der Waals surface area contributed by atoms with E-state index in [4.69, 9.17) is 18.9 Å². The summed E-state index contributed by atoms with van der Waals surface area (Å²) >= 11 is 0. The fourth-order valence-electron chi connectivity index (χ4n) is 9.01. The molecule has 0 bridgehead atoms. The van der Waals surface area contributed by atoms with Gasteiger partial charge in [-0.25, -0.2) is 0 Å². The van der Waals surface area contributed by atoms with Crippen LogP contribution in [-0.4, -0.2) is 291 Å². The van der Waals surface area contributed by atoms with E-state index in [1.807, 2.05) is 13.8 Å². The fourth-order valence-corrected chi connectivity index (χ4v) is 9.01. The van der Waals surface area contributed by atoms with Crippen LogP contribution in [0, 0.1) is 0 Å². The minimum absolute atomic E-state index is 0.00364. The Labute approximate surface area is 483 Å². The number of ether oxygens (including phenoxy) is 4. The molecule has 20 N–H and O–H groups in total. The summed E-state index contributed by atoms with van der Waals surface area (Å²) in [7, 11) is 0. The van der Waals surface area contributed by atoms with E-state index >= 15 is 0 Å². The van der Waals surface area contributed by atoms with Crippen LogP contribution in [0.1, 0.15) is 52.9 Å². The Bertz CT molecular complexity index is 2270. The van der Waals surface area contributed by atoms with E-state index < -0.39 is 154 Å². The van der Waals surface area contributed by atoms with Crippen LogP contribution in [0.3, 0.4) is 0 Å². The van der Waals surface area contributed by atoms with Gasteiger partial charge in [-0.2, -0.15) is 0 Å². The van der Waals surface area contributed by atoms with Gasteiger partial charge in [-0.3, -0.25) is 29.2 Å². The lowest BCUT2D eigenvalue weighted by Crippen LogP contribution is -2.61. The summed E-state index contributed by atoms with van der Waals surface area (Å²) < 4.78 is 21.4. The Morgan fingerprint density at radius 1 is 0.619 bits per heavy atom. The lowest BCUT2D eigenvalue weighted by molar-refractivity contribution is -0.326. The van der Waals surface area contributed by atoms with Crippen LogP contribution in [0.5, 0.6) is 0 Å². The quantitative estimate of drug-likeness (QED) is 0.0290. The van der Waals surface area contributed by atoms with Gasteiger partial charge in [0.05, 0.1) is 37.8 Å². The van der Waals surface area contributed by atoms with Crippen molar-refractivity contribution in [3.63, 3.8) is 0 Å². The van der Waals surface area contributed by atoms with Crippen molar-refractivity contribution < 1.29 is 120 Å². The maximum absolute atomic E-state index is 13.4. The molecule has 2 aromatic rings. The van der Waals surface area contributed by atoms with Crippen LogP contribution in [-0.2, 0) is 38.1 Å². The molecule has 2 aliphatic rings. The number of aliphatic imine (C=N–C) groups is 2. The minimum Gasteiger partial charge on any atom is -0.394 e. The van der Waals surface area contributed by atoms with Gasteiger partial charge in [0.2, 0.25) is 23.6 Å². The normalized spacial score (nSPS) is 26.0. The second kappa shape index (κ2) is 34.8. The van der Waals surface area contributed by atoms with Crippen LogP contribution in [0.4, 0.5) is 22.7 Å². The summed E-state index contributed by atoms with van der Waals surface area (Å²) in [4.78, 5) is 61.9. The number of aliphatic hydroxyl groups excluding tert-OH is 16. The summed E-state index contributed by atoms with van der Waals surface area (Å²) in [6, 6.07) is 11.9. The van der Waals surface area contributed by atoms with Crippen LogP contribution < -0.4 is 21.3 Å². The molecule has 0 aliphatic carbocycles. The Kier molecular flexibility index (Phi) is 29.6. The van der Waals surface area contributed by atoms with Crippen LogP contribution in [0.25, 0.3) is 0 Å². The number of carbonyl (C=O) groups excluding carboxylic acids is 4. The number of hydrogen-bond acceptors (Lipinski definition) is 27. The monoisotopic (exact) mass is 1200 g/mol. The van der Waals surface area contributed by atoms with Gasteiger partial charge in [0.25, 0.3) is 0 Å². The second-order valence-electron chi connectivity index (χ2n) is 20.3. The lowest BCUT2D eigenvalue weighted by Gasteiger charge is -2.42. The first-order valence-electron chi connectivity index (χ1n) is 27.2. The molecule has 2 heterocycles. The molecule has 2 aliphatic heterocycles. The molecule has 84 heavy (non-hydrogen) atoms. The van der Waals surface area contributed by atoms with Crippen molar-refractivity contribution in [3.8, 4) is 0 Å². The van der Waals surface area contributed by atoms with Gasteiger partial charge in [0.15, 0.2) is 12.6 Å². The second-order valence-corrected chi connectivity index (χ2v) is 20.3. The molecular formula is C53H83N7O24. The van der Waals surface area contributed by atoms with Gasteiger partial charge >= 0.3 is 0 Å². The predicted octanol–water partition coefficient (Wildman–Crippen LogP) is -6.53. The number of nitrogens with zero attached hydrogens (tertiary/aromatic N) is 3. The van der Waals surface area contributed by atoms with Gasteiger partial charge in [-0.15, -0.1) is 0 Å². The van der Waals surface area contributed by atoms with Crippen molar-refractivity contribution in [2.24, 2.45) is 9.98 Å². The third-order valence-electron chi connectivity index (χ3n) is 14.2. The van der Waals surface area contributed by atoms with Crippen molar-refractivity contribution in [1.82, 2.24) is 15.5 Å². The smallest absolute Gasteiger partial charge is 0.225 e. The third kappa shape index (κ3) is 21.1. The van der Waals surface area contributed by atoms with Crippen molar-refractivity contribution >= 4 is 58.8 Å². The number of carbonyl (C=O) groups is 4. The van der Waals surface area contributed by atoms with Crippen LogP contribution >= 0.6 is 0 Å². The fraction of sp³-hybridized carbons (Fsp3) is 0.660. The van der Waals surface area contributed by atoms with E-state index in [-0.39, 0.29) is 80.0 Å². The number of anilines is 2. The van der Waals surface area contributed by atoms with E-state index in [1.54, 1.807) is 4.90 Å². The first-order chi connectivity index (χ1) is 39.8. The van der Waals surface area contributed by atoms with E-state index in [1.165, 1.54) is 55.5 Å². The minimum atomic E-state index is -2.04. The van der Waals surface area contributed by atoms with Crippen molar-refractivity contribution in [2.75, 3.05) is 63.2 Å². The number of hydrogen-bond donors (Lipinski definition) is 20. The number of nitrogens with one attached hydrogen (secondary N) is 4. The van der Waals surface area contributed by atoms with E-state index in [2.05, 4.69) is 31.3 Å². The molecular weight excluding hydrogens is 1120 g/mol. The lowest BCUT2D eigenvalue weighted by atomic mass is 9.88. The standard InChI is InChI=1S/C53H83N7O24/c1-4-53(5-2,59-27(3)65)20-40(72)54-14-17-60(15-12-38(70)57-30-10-6-8-28(18-30)55-21-32(66)41(73)49(34(68)23-61)83-51-47(79)45(77)43(75)36(25-63)81-51)16-13-39(71)58-31-11-7-9-29(19-31)56-22-33(67)42(74)50(35(69)24-62)84-52-48(80)46(78)44(76)37(26-64)82-52/h6-11,18-19,21-22,32-37,41-52,61-64,66-69,73-80H,4-5,12-17,20,23-26H2,1-3H3,(H,54,72)(H,57,70)(H,58,71)(H,59,65)/t32?,33?,34?,35?,36?,37?,41-,42-,43+,44+,45+,46+,47?,48?,49+,50+,51+,52+/m0/s1. The highest BCUT2D eigenvalue weighted by molar-refractivity contribution is 5.92. The number of rotatable bonds is 34. The van der Waals surface area contributed by atoms with E-state index in [0.717, 1.165) is 12.4 Å². The highest BCUT2D eigenvalue weighted by Crippen LogP contribution is 2.28. The van der Waals surface area contributed by atoms with Gasteiger partial charge in [0, 0.05) is 81.7 Å². The number of amides is 4. The molecule has 8 unspecified atom stereocenters. The van der Waals surface area contributed by atoms with E-state index in [0.29, 0.717) is 12.8 Å². The van der Waals surface area contributed by atoms with Gasteiger partial charge in [0.1, 0.15) is 97.7 Å². The maximum atomic E-state index is 13.4. The zero-order valence-corrected chi connectivity index (χ0v) is 46.6. The maximum Gasteiger partial charge on any atom is 0.225 e. The predicted molar refractivity (Wildman–Crippen MR) is 294 cm³/mol. The Hall–Kier alpha value is -5.18. The summed E-state index contributed by atoms with van der Waals surface area (Å²) in [5, 5.41) is 175. The number of benzene rings is 2. The molecule has 0 radical (unpaired) electrons. The zero-order chi connectivity index (χ0) is 62.4. The molecule has 2 fully saturated rings. The Morgan fingerprint density at radius 2 is 1.04 bits per heavy atom. The zero-order valence-electron chi connectivity index (χ0n) is 46.6. The van der Waals surface area contributed by atoms with Gasteiger partial charge in [-0.1, -0.05) is 26.0 Å². The summed E-state index contributed by atoms with van der Waals surface area (Å²) in [5.74, 6) is -1.61. The summed E-state index contributed by atoms with van der Waals surface area (Å²) in [6.45, 7) is 1.85. The Morgan fingerprint density at radius 3 is 1.40 bits per heavy atom. The average Bonchev–Trinajstić information content (AvgIpc) is 2.49. The van der Waals surface area contributed by atoms with Gasteiger partial charge in [-0.05, 0) is 49.2 Å². The SMILES string of the molecule is CCC(CC)(CC(=O)NCCN(CCC(=O)Nc1cccc(N=CC(O)[C@H](O)[C@H](O[C@H]2OC(CO)[C@@H](O)[C@@H](O)C2O)C(O)CO)c1)CCC(=O)Nc1cccc(N=CC(O)[C@H](O)[C@H](O[C@H]2OC(CO)[C@@H](O)[C@@H](O)C2O)C(O)CO)c1)NC(C)=O. The number of aliphatic hydroxyl groups is 16. The third-order valence-corrected chi connectivity index (χ3v) is 14.2. The molecule has 31 nitrogen and oxygen atoms in total. The Balaban J connectivity index is 1.40. The topological polar surface area (TPSA) is 505 Å². The largest absolute Gasteiger partial charge is 0.394 e. The highest BCUT2D eigenvalue weighted by atomic mass is 16.7. The highest BCUT2D eigenvalue weighted by Gasteiger charge is 2.48. The molecule has 31 heteroatoms. The molecule has 0 spiro atoms. The van der Waals surface area contributed by atoms with Crippen molar-refractivity contribution in [2.45, 2.75) is 169 Å². The molecule has 0 aromatic heterocycles.